The first-order chi connectivity index (χ1) is 15.6. The number of carbonyl (C=O) groups excluding carboxylic acids is 2. The van der Waals surface area contributed by atoms with Crippen LogP contribution in [0.3, 0.4) is 0 Å². The van der Waals surface area contributed by atoms with Gasteiger partial charge in [-0.2, -0.15) is 0 Å². The average molecular weight is 443 g/mol. The zero-order valence-electron chi connectivity index (χ0n) is 18.3. The Labute approximate surface area is 188 Å². The largest absolute Gasteiger partial charge is 0.496 e. The first kappa shape index (κ1) is 25.1. The van der Waals surface area contributed by atoms with Crippen molar-refractivity contribution in [3.8, 4) is 0 Å². The number of amides is 1. The monoisotopic (exact) mass is 442 g/mol. The van der Waals surface area contributed by atoms with E-state index in [1.165, 1.54) is 13.2 Å². The van der Waals surface area contributed by atoms with Gasteiger partial charge in [-0.15, -0.1) is 0 Å². The molecule has 8 nitrogen and oxygen atoms in total. The number of nitrogens with two attached hydrogens (primary N) is 1. The van der Waals surface area contributed by atoms with Crippen LogP contribution in [0.25, 0.3) is 6.08 Å². The third-order valence-electron chi connectivity index (χ3n) is 4.22. The number of methoxy groups -OCH3 is 1. The number of hydrogen-bond donors (Lipinski definition) is 2. The van der Waals surface area contributed by atoms with Gasteiger partial charge in [0.05, 0.1) is 33.5 Å². The lowest BCUT2D eigenvalue weighted by atomic mass is 10.0. The van der Waals surface area contributed by atoms with Gasteiger partial charge in [-0.05, 0) is 11.6 Å². The summed E-state index contributed by atoms with van der Waals surface area (Å²) in [6, 6.07) is 9.82. The maximum atomic E-state index is 12.3. The molecule has 1 aromatic carbocycles. The zero-order valence-corrected chi connectivity index (χ0v) is 18.3. The molecule has 0 heterocycles. The Bertz CT molecular complexity index is 859. The van der Waals surface area contributed by atoms with Crippen LogP contribution < -0.4 is 11.1 Å². The summed E-state index contributed by atoms with van der Waals surface area (Å²) in [6.45, 7) is 2.25. The molecule has 0 unspecified atom stereocenters. The van der Waals surface area contributed by atoms with Crippen molar-refractivity contribution in [3.63, 3.8) is 0 Å². The fourth-order valence-corrected chi connectivity index (χ4v) is 2.67. The molecule has 1 aliphatic rings. The molecule has 0 aliphatic heterocycles. The topological polar surface area (TPSA) is 109 Å². The molecule has 1 aromatic rings. The first-order valence-electron chi connectivity index (χ1n) is 10.3. The predicted molar refractivity (Wildman–Crippen MR) is 121 cm³/mol. The van der Waals surface area contributed by atoms with Crippen molar-refractivity contribution in [1.29, 1.82) is 0 Å². The van der Waals surface area contributed by atoms with E-state index < -0.39 is 0 Å². The Balaban J connectivity index is 1.81. The van der Waals surface area contributed by atoms with Crippen LogP contribution in [0.4, 0.5) is 0 Å². The molecule has 1 amide bonds. The maximum absolute atomic E-state index is 12.3. The lowest BCUT2D eigenvalue weighted by Crippen LogP contribution is -2.31. The van der Waals surface area contributed by atoms with Gasteiger partial charge in [0, 0.05) is 24.7 Å². The molecule has 0 spiro atoms. The smallest absolute Gasteiger partial charge is 0.258 e. The number of benzene rings is 1. The SMILES string of the molecule is COC1=CC(=O)C(OCC(=O)NCCOCCOCCN)=C/C1=C/C=C/c1ccccc1. The van der Waals surface area contributed by atoms with Crippen LogP contribution in [-0.4, -0.2) is 64.9 Å². The summed E-state index contributed by atoms with van der Waals surface area (Å²) in [6.07, 6.45) is 8.51. The number of carbonyl (C=O) groups is 2. The number of hydrogen-bond acceptors (Lipinski definition) is 7. The summed E-state index contributed by atoms with van der Waals surface area (Å²) < 4.78 is 21.2. The predicted octanol–water partition coefficient (Wildman–Crippen LogP) is 1.75. The molecule has 1 aliphatic carbocycles. The molecular formula is C24H30N2O6. The van der Waals surface area contributed by atoms with Gasteiger partial charge in [-0.3, -0.25) is 9.59 Å². The minimum atomic E-state index is -0.361. The Morgan fingerprint density at radius 1 is 1.03 bits per heavy atom. The van der Waals surface area contributed by atoms with Crippen LogP contribution in [-0.2, 0) is 28.5 Å². The molecule has 32 heavy (non-hydrogen) atoms. The first-order valence-corrected chi connectivity index (χ1v) is 10.3. The standard InChI is InChI=1S/C24H30N2O6/c1-29-22-17-21(27)23(16-20(22)9-5-8-19-6-3-2-4-7-19)32-18-24(28)26-11-13-31-15-14-30-12-10-25/h2-9,16-17H,10-15,18,25H2,1H3,(H,26,28)/b8-5+,20-9-. The van der Waals surface area contributed by atoms with E-state index in [2.05, 4.69) is 5.32 Å². The molecule has 0 aromatic heterocycles. The van der Waals surface area contributed by atoms with Gasteiger partial charge in [0.1, 0.15) is 5.76 Å². The summed E-state index contributed by atoms with van der Waals surface area (Å²) in [5, 5.41) is 2.67. The van der Waals surface area contributed by atoms with Gasteiger partial charge >= 0.3 is 0 Å². The summed E-state index contributed by atoms with van der Waals surface area (Å²) in [5.74, 6) is -0.205. The van der Waals surface area contributed by atoms with Gasteiger partial charge in [0.2, 0.25) is 5.78 Å². The molecule has 8 heteroatoms. The van der Waals surface area contributed by atoms with E-state index in [1.807, 2.05) is 48.6 Å². The summed E-state index contributed by atoms with van der Waals surface area (Å²) in [5.41, 5.74) is 7.03. The summed E-state index contributed by atoms with van der Waals surface area (Å²) in [4.78, 5) is 24.2. The molecule has 3 N–H and O–H groups in total. The van der Waals surface area contributed by atoms with Crippen LogP contribution in [0.1, 0.15) is 5.56 Å². The molecule has 0 bridgehead atoms. The van der Waals surface area contributed by atoms with Gasteiger partial charge in [0.15, 0.2) is 12.4 Å². The van der Waals surface area contributed by atoms with E-state index in [0.29, 0.717) is 50.8 Å². The van der Waals surface area contributed by atoms with E-state index in [4.69, 9.17) is 24.7 Å². The fourth-order valence-electron chi connectivity index (χ4n) is 2.67. The quantitative estimate of drug-likeness (QED) is 0.423. The van der Waals surface area contributed by atoms with Crippen molar-refractivity contribution < 1.29 is 28.5 Å². The lowest BCUT2D eigenvalue weighted by Gasteiger charge is -2.15. The fraction of sp³-hybridized carbons (Fsp3) is 0.333. The average Bonchev–Trinajstić information content (AvgIpc) is 2.81. The lowest BCUT2D eigenvalue weighted by molar-refractivity contribution is -0.125. The summed E-state index contributed by atoms with van der Waals surface area (Å²) in [7, 11) is 1.49. The highest BCUT2D eigenvalue weighted by Crippen LogP contribution is 2.22. The highest BCUT2D eigenvalue weighted by Gasteiger charge is 2.20. The van der Waals surface area contributed by atoms with Crippen molar-refractivity contribution in [2.24, 2.45) is 5.73 Å². The van der Waals surface area contributed by atoms with Crippen molar-refractivity contribution >= 4 is 17.8 Å². The molecule has 0 saturated carbocycles. The number of ether oxygens (including phenoxy) is 4. The number of ketones is 1. The molecule has 0 fully saturated rings. The van der Waals surface area contributed by atoms with Crippen LogP contribution in [0.15, 0.2) is 71.7 Å². The Hall–Kier alpha value is -3.20. The molecule has 0 atom stereocenters. The minimum Gasteiger partial charge on any atom is -0.496 e. The second-order valence-electron chi connectivity index (χ2n) is 6.63. The second kappa shape index (κ2) is 14.7. The van der Waals surface area contributed by atoms with Crippen LogP contribution in [0.2, 0.25) is 0 Å². The van der Waals surface area contributed by atoms with Gasteiger partial charge in [-0.1, -0.05) is 48.6 Å². The van der Waals surface area contributed by atoms with Gasteiger partial charge in [0.25, 0.3) is 5.91 Å². The number of nitrogens with one attached hydrogen (secondary N) is 1. The summed E-state index contributed by atoms with van der Waals surface area (Å²) >= 11 is 0. The third-order valence-corrected chi connectivity index (χ3v) is 4.22. The Morgan fingerprint density at radius 2 is 1.78 bits per heavy atom. The third kappa shape index (κ3) is 9.30. The van der Waals surface area contributed by atoms with Crippen LogP contribution in [0, 0.1) is 0 Å². The number of allylic oxidation sites excluding steroid dienone is 4. The number of rotatable bonds is 14. The zero-order chi connectivity index (χ0) is 23.0. The molecule has 2 rings (SSSR count). The highest BCUT2D eigenvalue weighted by atomic mass is 16.5. The maximum Gasteiger partial charge on any atom is 0.258 e. The van der Waals surface area contributed by atoms with Crippen LogP contribution >= 0.6 is 0 Å². The molecular weight excluding hydrogens is 412 g/mol. The van der Waals surface area contributed by atoms with E-state index in [9.17, 15) is 9.59 Å². The Morgan fingerprint density at radius 3 is 2.50 bits per heavy atom. The van der Waals surface area contributed by atoms with E-state index in [0.717, 1.165) is 5.56 Å². The van der Waals surface area contributed by atoms with Crippen molar-refractivity contribution in [2.75, 3.05) is 53.2 Å². The Kier molecular flexibility index (Phi) is 11.5. The van der Waals surface area contributed by atoms with E-state index in [-0.39, 0.29) is 24.1 Å². The van der Waals surface area contributed by atoms with Gasteiger partial charge in [-0.25, -0.2) is 0 Å². The van der Waals surface area contributed by atoms with E-state index >= 15 is 0 Å². The minimum absolute atomic E-state index is 0.0774. The highest BCUT2D eigenvalue weighted by molar-refractivity contribution is 6.05. The van der Waals surface area contributed by atoms with E-state index in [1.54, 1.807) is 6.08 Å². The van der Waals surface area contributed by atoms with Crippen molar-refractivity contribution in [3.05, 3.63) is 77.3 Å². The van der Waals surface area contributed by atoms with Crippen molar-refractivity contribution in [2.45, 2.75) is 0 Å². The second-order valence-corrected chi connectivity index (χ2v) is 6.63. The normalized spacial score (nSPS) is 14.9. The molecule has 172 valence electrons. The molecule has 0 radical (unpaired) electrons. The van der Waals surface area contributed by atoms with Crippen LogP contribution in [0.5, 0.6) is 0 Å². The van der Waals surface area contributed by atoms with Gasteiger partial charge < -0.3 is 30.0 Å². The molecule has 0 saturated heterocycles. The van der Waals surface area contributed by atoms with Crippen molar-refractivity contribution in [1.82, 2.24) is 5.32 Å².